The third-order valence-electron chi connectivity index (χ3n) is 4.31. The van der Waals surface area contributed by atoms with Crippen LogP contribution in [0.1, 0.15) is 43.1 Å². The molecule has 1 N–H and O–H groups in total. The lowest BCUT2D eigenvalue weighted by atomic mass is 9.99. The van der Waals surface area contributed by atoms with Crippen molar-refractivity contribution in [2.45, 2.75) is 45.2 Å². The Morgan fingerprint density at radius 3 is 2.65 bits per heavy atom. The summed E-state index contributed by atoms with van der Waals surface area (Å²) in [6.07, 6.45) is 1.10. The highest BCUT2D eigenvalue weighted by Gasteiger charge is 2.11. The van der Waals surface area contributed by atoms with Crippen molar-refractivity contribution in [3.63, 3.8) is 0 Å². The molecule has 0 radical (unpaired) electrons. The number of aryl methyl sites for hydroxylation is 2. The van der Waals surface area contributed by atoms with Gasteiger partial charge in [0.05, 0.1) is 5.75 Å². The Morgan fingerprint density at radius 1 is 1.23 bits per heavy atom. The normalized spacial score (nSPS) is 12.3. The van der Waals surface area contributed by atoms with E-state index in [0.717, 1.165) is 23.5 Å². The summed E-state index contributed by atoms with van der Waals surface area (Å²) in [6, 6.07) is 9.98. The lowest BCUT2D eigenvalue weighted by molar-refractivity contribution is -0.113. The number of nitrogens with zero attached hydrogens (tertiary/aromatic N) is 4. The first-order valence-corrected chi connectivity index (χ1v) is 9.68. The number of thioether (sulfide) groups is 1. The molecule has 1 amide bonds. The van der Waals surface area contributed by atoms with Gasteiger partial charge in [-0.25, -0.2) is 9.50 Å². The number of aromatic nitrogens is 4. The molecular weight excluding hydrogens is 346 g/mol. The number of carbonyl (C=O) groups is 1. The minimum Gasteiger partial charge on any atom is -0.325 e. The zero-order valence-electron chi connectivity index (χ0n) is 15.5. The number of nitrogens with one attached hydrogen (secondary N) is 1. The molecule has 3 rings (SSSR count). The Labute approximate surface area is 157 Å². The molecule has 0 aliphatic carbocycles. The molecule has 26 heavy (non-hydrogen) atoms. The summed E-state index contributed by atoms with van der Waals surface area (Å²) >= 11 is 1.30. The van der Waals surface area contributed by atoms with Crippen LogP contribution in [0, 0.1) is 13.8 Å². The second-order valence-electron chi connectivity index (χ2n) is 6.41. The third-order valence-corrected chi connectivity index (χ3v) is 5.14. The van der Waals surface area contributed by atoms with Crippen LogP contribution in [0.4, 0.5) is 5.69 Å². The summed E-state index contributed by atoms with van der Waals surface area (Å²) in [6.45, 7) is 8.25. The van der Waals surface area contributed by atoms with Crippen molar-refractivity contribution < 1.29 is 4.79 Å². The van der Waals surface area contributed by atoms with Gasteiger partial charge in [-0.3, -0.25) is 4.79 Å². The van der Waals surface area contributed by atoms with E-state index in [4.69, 9.17) is 0 Å². The maximum atomic E-state index is 12.2. The molecule has 2 aromatic heterocycles. The van der Waals surface area contributed by atoms with Crippen LogP contribution in [-0.2, 0) is 4.79 Å². The van der Waals surface area contributed by atoms with Gasteiger partial charge >= 0.3 is 0 Å². The number of carbonyl (C=O) groups excluding carboxylic acids is 1. The first-order chi connectivity index (χ1) is 12.5. The Hall–Kier alpha value is -2.41. The molecular formula is C19H23N5OS. The lowest BCUT2D eigenvalue weighted by Gasteiger charge is -2.10. The number of benzene rings is 1. The maximum Gasteiger partial charge on any atom is 0.253 e. The highest BCUT2D eigenvalue weighted by atomic mass is 32.2. The summed E-state index contributed by atoms with van der Waals surface area (Å²) in [5.74, 6) is 1.26. The minimum atomic E-state index is -0.0778. The number of amides is 1. The Bertz CT molecular complexity index is 920. The van der Waals surface area contributed by atoms with Crippen molar-refractivity contribution in [1.82, 2.24) is 19.6 Å². The minimum absolute atomic E-state index is 0.0778. The quantitative estimate of drug-likeness (QED) is 0.665. The van der Waals surface area contributed by atoms with Crippen LogP contribution in [0.3, 0.4) is 0 Å². The monoisotopic (exact) mass is 369 g/mol. The van der Waals surface area contributed by atoms with Gasteiger partial charge in [-0.05, 0) is 49.9 Å². The van der Waals surface area contributed by atoms with Gasteiger partial charge in [0.25, 0.3) is 5.78 Å². The zero-order chi connectivity index (χ0) is 18.7. The molecule has 7 heteroatoms. The Morgan fingerprint density at radius 2 is 1.96 bits per heavy atom. The Balaban J connectivity index is 1.59. The molecule has 1 atom stereocenters. The predicted molar refractivity (Wildman–Crippen MR) is 105 cm³/mol. The number of fused-ring (bicyclic) bond motifs is 1. The number of hydrogen-bond donors (Lipinski definition) is 1. The summed E-state index contributed by atoms with van der Waals surface area (Å²) < 4.78 is 1.70. The second-order valence-corrected chi connectivity index (χ2v) is 7.36. The lowest BCUT2D eigenvalue weighted by Crippen LogP contribution is -2.14. The number of anilines is 1. The van der Waals surface area contributed by atoms with E-state index in [1.165, 1.54) is 17.3 Å². The van der Waals surface area contributed by atoms with Gasteiger partial charge in [0, 0.05) is 17.1 Å². The average Bonchev–Trinajstić information content (AvgIpc) is 3.03. The zero-order valence-corrected chi connectivity index (χ0v) is 16.3. The van der Waals surface area contributed by atoms with Gasteiger partial charge in [-0.1, -0.05) is 37.7 Å². The van der Waals surface area contributed by atoms with Crippen molar-refractivity contribution in [3.8, 4) is 0 Å². The van der Waals surface area contributed by atoms with E-state index >= 15 is 0 Å². The van der Waals surface area contributed by atoms with Crippen LogP contribution < -0.4 is 5.32 Å². The van der Waals surface area contributed by atoms with Crippen molar-refractivity contribution in [3.05, 3.63) is 47.3 Å². The molecule has 0 unspecified atom stereocenters. The molecule has 0 saturated carbocycles. The van der Waals surface area contributed by atoms with E-state index in [-0.39, 0.29) is 11.7 Å². The predicted octanol–water partition coefficient (Wildman–Crippen LogP) is 3.99. The van der Waals surface area contributed by atoms with Crippen LogP contribution in [0.5, 0.6) is 0 Å². The van der Waals surface area contributed by atoms with E-state index in [2.05, 4.69) is 46.4 Å². The van der Waals surface area contributed by atoms with Gasteiger partial charge in [-0.15, -0.1) is 5.10 Å². The van der Waals surface area contributed by atoms with Gasteiger partial charge in [0.1, 0.15) is 0 Å². The molecule has 2 heterocycles. The molecule has 0 bridgehead atoms. The fraction of sp³-hybridized carbons (Fsp3) is 0.368. The van der Waals surface area contributed by atoms with Crippen LogP contribution in [0.2, 0.25) is 0 Å². The van der Waals surface area contributed by atoms with E-state index in [9.17, 15) is 4.79 Å². The van der Waals surface area contributed by atoms with Gasteiger partial charge < -0.3 is 5.32 Å². The molecule has 0 saturated heterocycles. The Kier molecular flexibility index (Phi) is 5.56. The highest BCUT2D eigenvalue weighted by molar-refractivity contribution is 7.99. The standard InChI is InChI=1S/C19H23N5OS/c1-5-12(2)15-6-8-16(9-7-15)21-17(25)11-26-19-22-18-20-13(3)10-14(4)24(18)23-19/h6-10,12H,5,11H2,1-4H3,(H,21,25)/t12-/m1/s1. The first kappa shape index (κ1) is 18.4. The van der Waals surface area contributed by atoms with Crippen LogP contribution in [-0.4, -0.2) is 31.2 Å². The van der Waals surface area contributed by atoms with E-state index in [1.54, 1.807) is 4.52 Å². The molecule has 3 aromatic rings. The maximum absolute atomic E-state index is 12.2. The molecule has 0 aliphatic rings. The topological polar surface area (TPSA) is 72.2 Å². The van der Waals surface area contributed by atoms with Crippen LogP contribution >= 0.6 is 11.8 Å². The molecule has 6 nitrogen and oxygen atoms in total. The van der Waals surface area contributed by atoms with Crippen LogP contribution in [0.15, 0.2) is 35.5 Å². The van der Waals surface area contributed by atoms with Crippen molar-refractivity contribution in [2.24, 2.45) is 0 Å². The van der Waals surface area contributed by atoms with Crippen molar-refractivity contribution >= 4 is 29.1 Å². The fourth-order valence-corrected chi connectivity index (χ4v) is 3.28. The van der Waals surface area contributed by atoms with Crippen molar-refractivity contribution in [2.75, 3.05) is 11.1 Å². The van der Waals surface area contributed by atoms with E-state index in [0.29, 0.717) is 16.9 Å². The summed E-state index contributed by atoms with van der Waals surface area (Å²) in [5.41, 5.74) is 3.96. The van der Waals surface area contributed by atoms with Gasteiger partial charge in [0.2, 0.25) is 11.1 Å². The highest BCUT2D eigenvalue weighted by Crippen LogP contribution is 2.21. The van der Waals surface area contributed by atoms with Crippen LogP contribution in [0.25, 0.3) is 5.78 Å². The van der Waals surface area contributed by atoms with E-state index in [1.807, 2.05) is 32.0 Å². The van der Waals surface area contributed by atoms with E-state index < -0.39 is 0 Å². The first-order valence-electron chi connectivity index (χ1n) is 8.70. The molecule has 0 fully saturated rings. The molecule has 136 valence electrons. The third kappa shape index (κ3) is 4.22. The smallest absolute Gasteiger partial charge is 0.253 e. The number of hydrogen-bond acceptors (Lipinski definition) is 5. The average molecular weight is 369 g/mol. The summed E-state index contributed by atoms with van der Waals surface area (Å²) in [7, 11) is 0. The molecule has 0 spiro atoms. The number of rotatable bonds is 6. The SMILES string of the molecule is CC[C@@H](C)c1ccc(NC(=O)CSc2nc3nc(C)cc(C)n3n2)cc1. The summed E-state index contributed by atoms with van der Waals surface area (Å²) in [4.78, 5) is 20.9. The second kappa shape index (κ2) is 7.86. The fourth-order valence-electron chi connectivity index (χ4n) is 2.67. The van der Waals surface area contributed by atoms with Gasteiger partial charge in [-0.2, -0.15) is 4.98 Å². The van der Waals surface area contributed by atoms with Gasteiger partial charge in [0.15, 0.2) is 0 Å². The molecule has 0 aliphatic heterocycles. The van der Waals surface area contributed by atoms with Crippen molar-refractivity contribution in [1.29, 1.82) is 0 Å². The molecule has 1 aromatic carbocycles. The largest absolute Gasteiger partial charge is 0.325 e. The summed E-state index contributed by atoms with van der Waals surface area (Å²) in [5, 5.41) is 7.86.